The fourth-order valence-electron chi connectivity index (χ4n) is 2.26. The Labute approximate surface area is 139 Å². The predicted octanol–water partition coefficient (Wildman–Crippen LogP) is 2.76. The number of hydrogen-bond donors (Lipinski definition) is 2. The first-order valence-electron chi connectivity index (χ1n) is 7.36. The van der Waals surface area contributed by atoms with E-state index in [1.54, 1.807) is 41.5 Å². The molecule has 3 rings (SSSR count). The van der Waals surface area contributed by atoms with Crippen molar-refractivity contribution in [3.63, 3.8) is 0 Å². The molecule has 116 valence electrons. The number of pyridine rings is 2. The lowest BCUT2D eigenvalue weighted by molar-refractivity contribution is -0.575. The van der Waals surface area contributed by atoms with Crippen LogP contribution >= 0.6 is 0 Å². The number of nitrogens with one attached hydrogen (secondary N) is 2. The molecule has 0 aliphatic heterocycles. The van der Waals surface area contributed by atoms with Crippen molar-refractivity contribution in [3.8, 4) is 11.1 Å². The number of amides is 1. The van der Waals surface area contributed by atoms with Crippen molar-refractivity contribution in [2.75, 3.05) is 5.32 Å². The molecule has 0 fully saturated rings. The van der Waals surface area contributed by atoms with Crippen LogP contribution in [-0.4, -0.2) is 16.8 Å². The van der Waals surface area contributed by atoms with Gasteiger partial charge in [0.15, 0.2) is 12.4 Å². The largest absolute Gasteiger partial charge is 0.338 e. The molecule has 0 unspecified atom stereocenters. The van der Waals surface area contributed by atoms with Crippen LogP contribution in [-0.2, 0) is 4.79 Å². The van der Waals surface area contributed by atoms with E-state index < -0.39 is 5.91 Å². The van der Waals surface area contributed by atoms with Crippen LogP contribution in [0.5, 0.6) is 0 Å². The lowest BCUT2D eigenvalue weighted by atomic mass is 10.1. The minimum atomic E-state index is -0.391. The number of benzene rings is 1. The summed E-state index contributed by atoms with van der Waals surface area (Å²) >= 11 is 0. The van der Waals surface area contributed by atoms with Crippen LogP contribution in [0.2, 0.25) is 0 Å². The van der Waals surface area contributed by atoms with Crippen LogP contribution in [0.15, 0.2) is 79.4 Å². The lowest BCUT2D eigenvalue weighted by Crippen LogP contribution is -2.38. The van der Waals surface area contributed by atoms with Crippen LogP contribution in [0.1, 0.15) is 0 Å². The summed E-state index contributed by atoms with van der Waals surface area (Å²) in [5, 5.41) is 10.2. The molecule has 0 radical (unpaired) electrons. The van der Waals surface area contributed by atoms with Crippen molar-refractivity contribution in [1.29, 1.82) is 5.41 Å². The van der Waals surface area contributed by atoms with E-state index >= 15 is 0 Å². The first-order valence-corrected chi connectivity index (χ1v) is 7.36. The SMILES string of the molecule is N=C=C(C(=O)Nc1ccccc1)[n+]1ccc(-c2ccncc2)cc1. The first-order chi connectivity index (χ1) is 11.8. The number of rotatable bonds is 4. The second-order valence-corrected chi connectivity index (χ2v) is 5.02. The third-order valence-corrected chi connectivity index (χ3v) is 3.47. The zero-order valence-corrected chi connectivity index (χ0v) is 12.8. The topological polar surface area (TPSA) is 69.7 Å². The molecule has 0 saturated carbocycles. The highest BCUT2D eigenvalue weighted by molar-refractivity contribution is 6.24. The van der Waals surface area contributed by atoms with E-state index in [4.69, 9.17) is 5.41 Å². The van der Waals surface area contributed by atoms with E-state index in [-0.39, 0.29) is 5.70 Å². The molecule has 0 atom stereocenters. The zero-order chi connectivity index (χ0) is 16.8. The smallest absolute Gasteiger partial charge is 0.316 e. The molecule has 2 aromatic heterocycles. The van der Waals surface area contributed by atoms with E-state index in [2.05, 4.69) is 16.2 Å². The fraction of sp³-hybridized carbons (Fsp3) is 0. The fourth-order valence-corrected chi connectivity index (χ4v) is 2.26. The number of hydrogen-bond acceptors (Lipinski definition) is 3. The number of nitrogens with zero attached hydrogens (tertiary/aromatic N) is 2. The Morgan fingerprint density at radius 1 is 0.958 bits per heavy atom. The number of anilines is 1. The van der Waals surface area contributed by atoms with Gasteiger partial charge in [-0.3, -0.25) is 15.2 Å². The van der Waals surface area contributed by atoms with Gasteiger partial charge in [0.1, 0.15) is 0 Å². The van der Waals surface area contributed by atoms with Gasteiger partial charge < -0.3 is 5.32 Å². The summed E-state index contributed by atoms with van der Waals surface area (Å²) < 4.78 is 1.57. The van der Waals surface area contributed by atoms with Crippen LogP contribution in [0.25, 0.3) is 16.8 Å². The molecule has 24 heavy (non-hydrogen) atoms. The van der Waals surface area contributed by atoms with Gasteiger partial charge in [-0.2, -0.15) is 4.57 Å². The van der Waals surface area contributed by atoms with Gasteiger partial charge in [-0.1, -0.05) is 18.2 Å². The number of aromatic nitrogens is 2. The Hall–Kier alpha value is -3.56. The molecule has 2 heterocycles. The molecular formula is C19H15N4O+. The highest BCUT2D eigenvalue weighted by Crippen LogP contribution is 2.16. The van der Waals surface area contributed by atoms with Crippen molar-refractivity contribution < 1.29 is 9.36 Å². The molecule has 5 heteroatoms. The van der Waals surface area contributed by atoms with Crippen LogP contribution in [0.3, 0.4) is 0 Å². The molecule has 0 spiro atoms. The Balaban J connectivity index is 1.81. The normalized spacial score (nSPS) is 9.83. The third-order valence-electron chi connectivity index (χ3n) is 3.47. The second kappa shape index (κ2) is 7.13. The Kier molecular flexibility index (Phi) is 4.56. The monoisotopic (exact) mass is 315 g/mol. The standard InChI is InChI=1S/C19H14N4O/c20-14-18(19(24)22-17-4-2-1-3-5-17)23-12-8-16(9-13-23)15-6-10-21-11-7-15/h1-13,20H/p+1. The van der Waals surface area contributed by atoms with Crippen molar-refractivity contribution >= 4 is 23.2 Å². The van der Waals surface area contributed by atoms with Crippen molar-refractivity contribution in [3.05, 3.63) is 79.4 Å². The highest BCUT2D eigenvalue weighted by atomic mass is 16.2. The van der Waals surface area contributed by atoms with Gasteiger partial charge in [0.2, 0.25) is 0 Å². The van der Waals surface area contributed by atoms with Crippen molar-refractivity contribution in [2.24, 2.45) is 0 Å². The first kappa shape index (κ1) is 15.3. The third kappa shape index (κ3) is 3.43. The Morgan fingerprint density at radius 2 is 1.58 bits per heavy atom. The maximum absolute atomic E-state index is 12.3. The van der Waals surface area contributed by atoms with Crippen molar-refractivity contribution in [1.82, 2.24) is 4.98 Å². The molecule has 5 nitrogen and oxygen atoms in total. The van der Waals surface area contributed by atoms with E-state index in [0.717, 1.165) is 11.1 Å². The summed E-state index contributed by atoms with van der Waals surface area (Å²) in [5.74, 6) is 1.81. The Morgan fingerprint density at radius 3 is 2.21 bits per heavy atom. The maximum atomic E-state index is 12.3. The van der Waals surface area contributed by atoms with Crippen LogP contribution in [0.4, 0.5) is 5.69 Å². The molecular weight excluding hydrogens is 300 g/mol. The minimum absolute atomic E-state index is 0.111. The molecule has 0 saturated heterocycles. The van der Waals surface area contributed by atoms with Crippen molar-refractivity contribution in [2.45, 2.75) is 0 Å². The van der Waals surface area contributed by atoms with Gasteiger partial charge in [0.25, 0.3) is 0 Å². The minimum Gasteiger partial charge on any atom is -0.316 e. The van der Waals surface area contributed by atoms with Gasteiger partial charge in [-0.25, -0.2) is 0 Å². The van der Waals surface area contributed by atoms with Crippen LogP contribution < -0.4 is 9.88 Å². The summed E-state index contributed by atoms with van der Waals surface area (Å²) in [6.45, 7) is 0. The summed E-state index contributed by atoms with van der Waals surface area (Å²) in [6, 6.07) is 16.7. The van der Waals surface area contributed by atoms with Gasteiger partial charge in [0, 0.05) is 30.2 Å². The summed E-state index contributed by atoms with van der Waals surface area (Å²) in [6.07, 6.45) is 6.92. The van der Waals surface area contributed by atoms with Gasteiger partial charge in [-0.15, -0.1) is 0 Å². The van der Waals surface area contributed by atoms with E-state index in [1.165, 1.54) is 0 Å². The highest BCUT2D eigenvalue weighted by Gasteiger charge is 2.20. The van der Waals surface area contributed by atoms with Crippen LogP contribution in [0, 0.1) is 5.41 Å². The lowest BCUT2D eigenvalue weighted by Gasteiger charge is -2.03. The quantitative estimate of drug-likeness (QED) is 0.441. The van der Waals surface area contributed by atoms with E-state index in [0.29, 0.717) is 5.69 Å². The summed E-state index contributed by atoms with van der Waals surface area (Å²) in [4.78, 5) is 16.3. The maximum Gasteiger partial charge on any atom is 0.338 e. The number of para-hydroxylation sites is 1. The average molecular weight is 315 g/mol. The Bertz CT molecular complexity index is 884. The molecule has 3 aromatic rings. The molecule has 0 aliphatic carbocycles. The molecule has 0 aliphatic rings. The average Bonchev–Trinajstić information content (AvgIpc) is 2.64. The van der Waals surface area contributed by atoms with Gasteiger partial charge in [0.05, 0.1) is 5.87 Å². The summed E-state index contributed by atoms with van der Waals surface area (Å²) in [5.41, 5.74) is 2.82. The van der Waals surface area contributed by atoms with E-state index in [1.807, 2.05) is 42.5 Å². The van der Waals surface area contributed by atoms with Gasteiger partial charge in [-0.05, 0) is 35.4 Å². The molecule has 2 N–H and O–H groups in total. The zero-order valence-electron chi connectivity index (χ0n) is 12.8. The number of carbonyl (C=O) groups excluding carboxylic acids is 1. The number of carbonyl (C=O) groups is 1. The molecule has 1 amide bonds. The predicted molar refractivity (Wildman–Crippen MR) is 92.4 cm³/mol. The van der Waals surface area contributed by atoms with Gasteiger partial charge >= 0.3 is 11.6 Å². The molecule has 1 aromatic carbocycles. The van der Waals surface area contributed by atoms with E-state index in [9.17, 15) is 4.79 Å². The summed E-state index contributed by atoms with van der Waals surface area (Å²) in [7, 11) is 0. The second-order valence-electron chi connectivity index (χ2n) is 5.02. The molecule has 0 bridgehead atoms.